The molecule has 5 nitrogen and oxygen atoms in total. The van der Waals surface area contributed by atoms with E-state index in [-0.39, 0.29) is 5.97 Å². The number of carbonyl (C=O) groups excluding carboxylic acids is 2. The Balaban J connectivity index is 2.54. The van der Waals surface area contributed by atoms with E-state index < -0.39 is 6.09 Å². The summed E-state index contributed by atoms with van der Waals surface area (Å²) in [6, 6.07) is 6.43. The Hall–Kier alpha value is -2.04. The van der Waals surface area contributed by atoms with Crippen molar-refractivity contribution in [2.75, 3.05) is 19.0 Å². The summed E-state index contributed by atoms with van der Waals surface area (Å²) in [5, 5.41) is 2.50. The Bertz CT molecular complexity index is 400. The van der Waals surface area contributed by atoms with Crippen LogP contribution in [0.15, 0.2) is 24.3 Å². The molecule has 1 N–H and O–H groups in total. The molecule has 1 amide bonds. The maximum Gasteiger partial charge on any atom is 0.411 e. The van der Waals surface area contributed by atoms with E-state index in [9.17, 15) is 9.59 Å². The van der Waals surface area contributed by atoms with Gasteiger partial charge in [0.1, 0.15) is 0 Å². The maximum atomic E-state index is 11.6. The SMILES string of the molecule is CCCCOC(=O)c1ccc(NC(=O)OC)cc1. The van der Waals surface area contributed by atoms with E-state index in [1.165, 1.54) is 7.11 Å². The quantitative estimate of drug-likeness (QED) is 0.645. The van der Waals surface area contributed by atoms with E-state index in [0.29, 0.717) is 17.9 Å². The molecule has 0 saturated heterocycles. The minimum atomic E-state index is -0.548. The Morgan fingerprint density at radius 1 is 1.22 bits per heavy atom. The Morgan fingerprint density at radius 2 is 1.89 bits per heavy atom. The molecule has 0 bridgehead atoms. The lowest BCUT2D eigenvalue weighted by atomic mass is 10.2. The molecule has 98 valence electrons. The predicted molar refractivity (Wildman–Crippen MR) is 67.7 cm³/mol. The van der Waals surface area contributed by atoms with Crippen LogP contribution in [0.3, 0.4) is 0 Å². The number of esters is 1. The zero-order valence-corrected chi connectivity index (χ0v) is 10.6. The topological polar surface area (TPSA) is 64.6 Å². The van der Waals surface area contributed by atoms with Gasteiger partial charge in [0.2, 0.25) is 0 Å². The molecule has 0 atom stereocenters. The van der Waals surface area contributed by atoms with Gasteiger partial charge < -0.3 is 9.47 Å². The van der Waals surface area contributed by atoms with Crippen molar-refractivity contribution in [3.63, 3.8) is 0 Å². The molecule has 0 saturated carbocycles. The van der Waals surface area contributed by atoms with Crippen LogP contribution in [0.4, 0.5) is 10.5 Å². The first kappa shape index (κ1) is 14.0. The number of hydrogen-bond donors (Lipinski definition) is 1. The van der Waals surface area contributed by atoms with E-state index in [1.54, 1.807) is 24.3 Å². The van der Waals surface area contributed by atoms with Gasteiger partial charge in [-0.05, 0) is 30.7 Å². The van der Waals surface area contributed by atoms with Crippen LogP contribution in [-0.2, 0) is 9.47 Å². The summed E-state index contributed by atoms with van der Waals surface area (Å²) in [5.74, 6) is -0.354. The van der Waals surface area contributed by atoms with E-state index in [4.69, 9.17) is 4.74 Å². The van der Waals surface area contributed by atoms with Crippen molar-refractivity contribution in [3.8, 4) is 0 Å². The van der Waals surface area contributed by atoms with Crippen molar-refractivity contribution in [3.05, 3.63) is 29.8 Å². The normalized spacial score (nSPS) is 9.67. The number of rotatable bonds is 5. The highest BCUT2D eigenvalue weighted by molar-refractivity contribution is 5.91. The molecule has 5 heteroatoms. The van der Waals surface area contributed by atoms with Gasteiger partial charge in [0, 0.05) is 5.69 Å². The predicted octanol–water partition coefficient (Wildman–Crippen LogP) is 2.82. The van der Waals surface area contributed by atoms with Crippen molar-refractivity contribution in [1.82, 2.24) is 0 Å². The smallest absolute Gasteiger partial charge is 0.411 e. The summed E-state index contributed by atoms with van der Waals surface area (Å²) < 4.78 is 9.52. The standard InChI is InChI=1S/C13H17NO4/c1-3-4-9-18-12(15)10-5-7-11(8-6-10)14-13(16)17-2/h5-8H,3-4,9H2,1-2H3,(H,14,16). The van der Waals surface area contributed by atoms with Crippen molar-refractivity contribution < 1.29 is 19.1 Å². The molecule has 0 aliphatic heterocycles. The molecule has 0 aromatic heterocycles. The highest BCUT2D eigenvalue weighted by Crippen LogP contribution is 2.11. The Morgan fingerprint density at radius 3 is 2.44 bits per heavy atom. The van der Waals surface area contributed by atoms with E-state index in [2.05, 4.69) is 10.1 Å². The molecular weight excluding hydrogens is 234 g/mol. The molecule has 0 unspecified atom stereocenters. The van der Waals surface area contributed by atoms with Crippen molar-refractivity contribution in [1.29, 1.82) is 0 Å². The average molecular weight is 251 g/mol. The van der Waals surface area contributed by atoms with Crippen molar-refractivity contribution in [2.24, 2.45) is 0 Å². The van der Waals surface area contributed by atoms with Gasteiger partial charge in [-0.15, -0.1) is 0 Å². The monoisotopic (exact) mass is 251 g/mol. The molecule has 0 aliphatic carbocycles. The third kappa shape index (κ3) is 4.45. The summed E-state index contributed by atoms with van der Waals surface area (Å²) in [4.78, 5) is 22.5. The van der Waals surface area contributed by atoms with Crippen molar-refractivity contribution in [2.45, 2.75) is 19.8 Å². The number of nitrogens with one attached hydrogen (secondary N) is 1. The van der Waals surface area contributed by atoms with E-state index in [0.717, 1.165) is 12.8 Å². The lowest BCUT2D eigenvalue weighted by molar-refractivity contribution is 0.0500. The van der Waals surface area contributed by atoms with Crippen LogP contribution >= 0.6 is 0 Å². The average Bonchev–Trinajstić information content (AvgIpc) is 2.39. The Labute approximate surface area is 106 Å². The third-order valence-electron chi connectivity index (χ3n) is 2.28. The highest BCUT2D eigenvalue weighted by atomic mass is 16.5. The highest BCUT2D eigenvalue weighted by Gasteiger charge is 2.07. The van der Waals surface area contributed by atoms with Gasteiger partial charge in [-0.1, -0.05) is 13.3 Å². The second-order valence-corrected chi connectivity index (χ2v) is 3.68. The number of hydrogen-bond acceptors (Lipinski definition) is 4. The number of benzene rings is 1. The van der Waals surface area contributed by atoms with Gasteiger partial charge in [0.15, 0.2) is 0 Å². The fourth-order valence-electron chi connectivity index (χ4n) is 1.25. The lowest BCUT2D eigenvalue weighted by Crippen LogP contribution is -2.11. The Kier molecular flexibility index (Phi) is 5.70. The number of unbranched alkanes of at least 4 members (excludes halogenated alkanes) is 1. The molecule has 0 spiro atoms. The zero-order valence-electron chi connectivity index (χ0n) is 10.6. The molecule has 1 aromatic carbocycles. The first-order chi connectivity index (χ1) is 8.67. The third-order valence-corrected chi connectivity index (χ3v) is 2.28. The molecule has 0 heterocycles. The minimum absolute atomic E-state index is 0.354. The maximum absolute atomic E-state index is 11.6. The number of ether oxygens (including phenoxy) is 2. The van der Waals surface area contributed by atoms with Crippen LogP contribution in [-0.4, -0.2) is 25.8 Å². The van der Waals surface area contributed by atoms with Gasteiger partial charge in [-0.2, -0.15) is 0 Å². The first-order valence-corrected chi connectivity index (χ1v) is 5.79. The van der Waals surface area contributed by atoms with Gasteiger partial charge in [-0.25, -0.2) is 9.59 Å². The fraction of sp³-hybridized carbons (Fsp3) is 0.385. The van der Waals surface area contributed by atoms with Gasteiger partial charge in [0.25, 0.3) is 0 Å². The number of amides is 1. The molecule has 1 rings (SSSR count). The fourth-order valence-corrected chi connectivity index (χ4v) is 1.25. The molecular formula is C13H17NO4. The number of methoxy groups -OCH3 is 1. The number of carbonyl (C=O) groups is 2. The summed E-state index contributed by atoms with van der Waals surface area (Å²) in [6.45, 7) is 2.46. The summed E-state index contributed by atoms with van der Waals surface area (Å²) in [5.41, 5.74) is 1.02. The van der Waals surface area contributed by atoms with E-state index >= 15 is 0 Å². The minimum Gasteiger partial charge on any atom is -0.462 e. The van der Waals surface area contributed by atoms with Crippen LogP contribution in [0.2, 0.25) is 0 Å². The van der Waals surface area contributed by atoms with Crippen molar-refractivity contribution >= 4 is 17.7 Å². The van der Waals surface area contributed by atoms with Crippen LogP contribution in [0, 0.1) is 0 Å². The largest absolute Gasteiger partial charge is 0.462 e. The zero-order chi connectivity index (χ0) is 13.4. The molecule has 1 aromatic rings. The molecule has 0 radical (unpaired) electrons. The van der Waals surface area contributed by atoms with Crippen LogP contribution < -0.4 is 5.32 Å². The summed E-state index contributed by atoms with van der Waals surface area (Å²) in [6.07, 6.45) is 1.29. The summed E-state index contributed by atoms with van der Waals surface area (Å²) >= 11 is 0. The molecule has 18 heavy (non-hydrogen) atoms. The van der Waals surface area contributed by atoms with E-state index in [1.807, 2.05) is 6.92 Å². The van der Waals surface area contributed by atoms with Crippen LogP contribution in [0.1, 0.15) is 30.1 Å². The summed E-state index contributed by atoms with van der Waals surface area (Å²) in [7, 11) is 1.29. The van der Waals surface area contributed by atoms with Gasteiger partial charge in [0.05, 0.1) is 19.3 Å². The first-order valence-electron chi connectivity index (χ1n) is 5.79. The second kappa shape index (κ2) is 7.32. The molecule has 0 aliphatic rings. The second-order valence-electron chi connectivity index (χ2n) is 3.68. The van der Waals surface area contributed by atoms with Crippen LogP contribution in [0.5, 0.6) is 0 Å². The van der Waals surface area contributed by atoms with Gasteiger partial charge >= 0.3 is 12.1 Å². The number of anilines is 1. The van der Waals surface area contributed by atoms with Crippen LogP contribution in [0.25, 0.3) is 0 Å². The van der Waals surface area contributed by atoms with Gasteiger partial charge in [-0.3, -0.25) is 5.32 Å². The molecule has 0 fully saturated rings. The lowest BCUT2D eigenvalue weighted by Gasteiger charge is -2.06.